The van der Waals surface area contributed by atoms with E-state index in [9.17, 15) is 0 Å². The molecule has 1 N–H and O–H groups in total. The van der Waals surface area contributed by atoms with Gasteiger partial charge in [0.1, 0.15) is 0 Å². The summed E-state index contributed by atoms with van der Waals surface area (Å²) < 4.78 is 0. The Morgan fingerprint density at radius 1 is 1.57 bits per heavy atom. The summed E-state index contributed by atoms with van der Waals surface area (Å²) >= 11 is 1.92. The highest BCUT2D eigenvalue weighted by molar-refractivity contribution is 7.99. The normalized spacial score (nSPS) is 10.3. The van der Waals surface area contributed by atoms with Crippen LogP contribution in [0.2, 0.25) is 0 Å². The van der Waals surface area contributed by atoms with E-state index >= 15 is 0 Å². The van der Waals surface area contributed by atoms with Crippen LogP contribution in [0.1, 0.15) is 13.8 Å². The van der Waals surface area contributed by atoms with E-state index in [-0.39, 0.29) is 0 Å². The van der Waals surface area contributed by atoms with Crippen LogP contribution < -0.4 is 5.32 Å². The van der Waals surface area contributed by atoms with Crippen LogP contribution in [0, 0.1) is 0 Å². The molecule has 0 radical (unpaired) electrons. The van der Waals surface area contributed by atoms with Gasteiger partial charge in [-0.15, -0.1) is 11.8 Å². The lowest BCUT2D eigenvalue weighted by atomic mass is 10.6. The third-order valence-electron chi connectivity index (χ3n) is 0.561. The molecule has 0 saturated carbocycles. The van der Waals surface area contributed by atoms with Gasteiger partial charge in [0, 0.05) is 11.1 Å². The summed E-state index contributed by atoms with van der Waals surface area (Å²) in [6.45, 7) is 4.39. The van der Waals surface area contributed by atoms with Crippen molar-refractivity contribution >= 4 is 11.8 Å². The lowest BCUT2D eigenvalue weighted by Crippen LogP contribution is -2.05. The molecule has 0 rings (SSSR count). The van der Waals surface area contributed by atoms with E-state index in [2.05, 4.69) is 19.2 Å². The summed E-state index contributed by atoms with van der Waals surface area (Å²) in [4.78, 5) is 0. The summed E-state index contributed by atoms with van der Waals surface area (Å²) in [6.07, 6.45) is 0. The molecule has 0 spiro atoms. The highest BCUT2D eigenvalue weighted by Gasteiger charge is 1.88. The first kappa shape index (κ1) is 7.31. The third kappa shape index (κ3) is 6.31. The van der Waals surface area contributed by atoms with Crippen molar-refractivity contribution < 1.29 is 0 Å². The molecule has 0 bridgehead atoms. The second kappa shape index (κ2) is 4.47. The molecule has 0 atom stereocenters. The van der Waals surface area contributed by atoms with Gasteiger partial charge in [-0.3, -0.25) is 0 Å². The molecule has 0 aromatic rings. The van der Waals surface area contributed by atoms with Crippen molar-refractivity contribution in [2.75, 3.05) is 12.9 Å². The Bertz CT molecular complexity index is 37.1. The van der Waals surface area contributed by atoms with E-state index < -0.39 is 0 Å². The van der Waals surface area contributed by atoms with Crippen molar-refractivity contribution in [1.29, 1.82) is 0 Å². The lowest BCUT2D eigenvalue weighted by molar-refractivity contribution is 0.971. The minimum absolute atomic E-state index is 0.757. The van der Waals surface area contributed by atoms with Crippen LogP contribution in [0.4, 0.5) is 0 Å². The summed E-state index contributed by atoms with van der Waals surface area (Å²) in [5.74, 6) is 1.07. The van der Waals surface area contributed by atoms with Crippen molar-refractivity contribution in [3.63, 3.8) is 0 Å². The molecule has 0 aromatic carbocycles. The van der Waals surface area contributed by atoms with Crippen LogP contribution in [-0.4, -0.2) is 18.2 Å². The monoisotopic (exact) mass is 119 g/mol. The molecule has 0 amide bonds. The van der Waals surface area contributed by atoms with Gasteiger partial charge in [-0.2, -0.15) is 0 Å². The number of nitrogens with one attached hydrogen (secondary N) is 1. The Balaban J connectivity index is 2.68. The maximum absolute atomic E-state index is 3.06. The van der Waals surface area contributed by atoms with Crippen LogP contribution >= 0.6 is 11.8 Å². The molecule has 0 fully saturated rings. The van der Waals surface area contributed by atoms with E-state index in [0.717, 1.165) is 11.1 Å². The topological polar surface area (TPSA) is 12.0 Å². The highest BCUT2D eigenvalue weighted by atomic mass is 32.2. The minimum Gasteiger partial charge on any atom is -0.311 e. The number of hydrogen-bond donors (Lipinski definition) is 1. The van der Waals surface area contributed by atoms with E-state index in [4.69, 9.17) is 0 Å². The minimum atomic E-state index is 0.757. The van der Waals surface area contributed by atoms with E-state index in [0.29, 0.717) is 0 Å². The SMILES string of the molecule is CNCSC(C)C. The molecule has 0 unspecified atom stereocenters. The number of thioether (sulfide) groups is 1. The Morgan fingerprint density at radius 2 is 2.14 bits per heavy atom. The van der Waals surface area contributed by atoms with Crippen molar-refractivity contribution in [1.82, 2.24) is 5.32 Å². The van der Waals surface area contributed by atoms with Crippen molar-refractivity contribution in [3.8, 4) is 0 Å². The first-order chi connectivity index (χ1) is 3.27. The fraction of sp³-hybridized carbons (Fsp3) is 1.00. The van der Waals surface area contributed by atoms with Crippen LogP contribution in [0.5, 0.6) is 0 Å². The zero-order valence-electron chi connectivity index (χ0n) is 5.19. The quantitative estimate of drug-likeness (QED) is 0.562. The molecule has 1 nitrogen and oxygen atoms in total. The Morgan fingerprint density at radius 3 is 2.29 bits per heavy atom. The molecule has 44 valence electrons. The van der Waals surface area contributed by atoms with Gasteiger partial charge >= 0.3 is 0 Å². The van der Waals surface area contributed by atoms with Crippen molar-refractivity contribution in [2.45, 2.75) is 19.1 Å². The predicted molar refractivity (Wildman–Crippen MR) is 36.7 cm³/mol. The molecule has 0 aromatic heterocycles. The highest BCUT2D eigenvalue weighted by Crippen LogP contribution is 2.04. The van der Waals surface area contributed by atoms with Gasteiger partial charge in [0.25, 0.3) is 0 Å². The van der Waals surface area contributed by atoms with Crippen molar-refractivity contribution in [3.05, 3.63) is 0 Å². The summed E-state index contributed by atoms with van der Waals surface area (Å²) in [5, 5.41) is 3.82. The maximum atomic E-state index is 3.06. The Kier molecular flexibility index (Phi) is 4.67. The van der Waals surface area contributed by atoms with Gasteiger partial charge in [0.15, 0.2) is 0 Å². The largest absolute Gasteiger partial charge is 0.311 e. The van der Waals surface area contributed by atoms with Gasteiger partial charge in [-0.1, -0.05) is 13.8 Å². The van der Waals surface area contributed by atoms with Crippen LogP contribution in [0.15, 0.2) is 0 Å². The molecule has 0 aliphatic carbocycles. The maximum Gasteiger partial charge on any atom is 0.0417 e. The second-order valence-electron chi connectivity index (χ2n) is 1.71. The molecule has 0 aliphatic rings. The Labute approximate surface area is 49.9 Å². The molecule has 7 heavy (non-hydrogen) atoms. The van der Waals surface area contributed by atoms with E-state index in [1.807, 2.05) is 18.8 Å². The van der Waals surface area contributed by atoms with Crippen molar-refractivity contribution in [2.24, 2.45) is 0 Å². The first-order valence-electron chi connectivity index (χ1n) is 2.53. The molecular formula is C5H13NS. The number of rotatable bonds is 3. The molecule has 0 heterocycles. The predicted octanol–water partition coefficient (Wildman–Crippen LogP) is 1.30. The third-order valence-corrected chi connectivity index (χ3v) is 1.68. The zero-order valence-corrected chi connectivity index (χ0v) is 6.01. The summed E-state index contributed by atoms with van der Waals surface area (Å²) in [6, 6.07) is 0. The van der Waals surface area contributed by atoms with Gasteiger partial charge in [-0.05, 0) is 7.05 Å². The molecule has 0 saturated heterocycles. The first-order valence-corrected chi connectivity index (χ1v) is 3.58. The second-order valence-corrected chi connectivity index (χ2v) is 3.28. The zero-order chi connectivity index (χ0) is 5.70. The van der Waals surface area contributed by atoms with Crippen LogP contribution in [-0.2, 0) is 0 Å². The average Bonchev–Trinajstić information content (AvgIpc) is 1.61. The van der Waals surface area contributed by atoms with Gasteiger partial charge in [-0.25, -0.2) is 0 Å². The van der Waals surface area contributed by atoms with Gasteiger partial charge < -0.3 is 5.32 Å². The Hall–Kier alpha value is 0.310. The van der Waals surface area contributed by atoms with Gasteiger partial charge in [0.2, 0.25) is 0 Å². The fourth-order valence-electron chi connectivity index (χ4n) is 0.250. The molecule has 0 aliphatic heterocycles. The smallest absolute Gasteiger partial charge is 0.0417 e. The molecular weight excluding hydrogens is 106 g/mol. The summed E-state index contributed by atoms with van der Waals surface area (Å²) in [5.41, 5.74) is 0. The summed E-state index contributed by atoms with van der Waals surface area (Å²) in [7, 11) is 1.97. The van der Waals surface area contributed by atoms with Crippen LogP contribution in [0.3, 0.4) is 0 Å². The lowest BCUT2D eigenvalue weighted by Gasteiger charge is -2.00. The number of hydrogen-bond acceptors (Lipinski definition) is 2. The standard InChI is InChI=1S/C5H13NS/c1-5(2)7-4-6-3/h5-6H,4H2,1-3H3. The van der Waals surface area contributed by atoms with Gasteiger partial charge in [0.05, 0.1) is 0 Å². The molecule has 2 heteroatoms. The van der Waals surface area contributed by atoms with Crippen LogP contribution in [0.25, 0.3) is 0 Å². The average molecular weight is 119 g/mol. The van der Waals surface area contributed by atoms with E-state index in [1.165, 1.54) is 0 Å². The fourth-order valence-corrected chi connectivity index (χ4v) is 0.750. The van der Waals surface area contributed by atoms with E-state index in [1.54, 1.807) is 0 Å².